The fourth-order valence-electron chi connectivity index (χ4n) is 2.67. The Labute approximate surface area is 154 Å². The molecule has 2 aromatic rings. The van der Waals surface area contributed by atoms with Gasteiger partial charge in [0.15, 0.2) is 5.92 Å². The molecule has 1 unspecified atom stereocenters. The first-order valence-electron chi connectivity index (χ1n) is 7.97. The molecule has 0 bridgehead atoms. The number of hydrogen-bond donors (Lipinski definition) is 1. The van der Waals surface area contributed by atoms with Crippen LogP contribution in [0.25, 0.3) is 0 Å². The van der Waals surface area contributed by atoms with Gasteiger partial charge in [-0.25, -0.2) is 4.90 Å². The van der Waals surface area contributed by atoms with Crippen molar-refractivity contribution in [3.63, 3.8) is 0 Å². The average molecular weight is 368 g/mol. The summed E-state index contributed by atoms with van der Waals surface area (Å²) in [4.78, 5) is 50.2. The van der Waals surface area contributed by atoms with E-state index in [-0.39, 0.29) is 5.69 Å². The summed E-state index contributed by atoms with van der Waals surface area (Å²) in [6.07, 6.45) is 0. The fourth-order valence-corrected chi connectivity index (χ4v) is 2.67. The van der Waals surface area contributed by atoms with Crippen LogP contribution in [0, 0.1) is 5.92 Å². The minimum atomic E-state index is -1.72. The minimum Gasteiger partial charge on any atom is -0.497 e. The summed E-state index contributed by atoms with van der Waals surface area (Å²) in [6, 6.07) is 12.4. The number of amides is 3. The number of anilines is 2. The Morgan fingerprint density at radius 3 is 1.93 bits per heavy atom. The lowest BCUT2D eigenvalue weighted by atomic mass is 10.1. The predicted octanol–water partition coefficient (Wildman–Crippen LogP) is 1.40. The molecule has 1 saturated heterocycles. The number of hydrogen-bond acceptors (Lipinski definition) is 6. The molecule has 138 valence electrons. The second-order valence-electron chi connectivity index (χ2n) is 5.69. The number of ketones is 1. The topological polar surface area (TPSA) is 102 Å². The van der Waals surface area contributed by atoms with Crippen molar-refractivity contribution in [3.05, 3.63) is 48.5 Å². The summed E-state index contributed by atoms with van der Waals surface area (Å²) >= 11 is 0. The number of ether oxygens (including phenoxy) is 2. The number of nitrogens with one attached hydrogen (secondary N) is 1. The second-order valence-corrected chi connectivity index (χ2v) is 5.69. The maximum absolute atomic E-state index is 12.6. The smallest absolute Gasteiger partial charge is 0.302 e. The number of nitrogens with zero attached hydrogens (tertiary/aromatic N) is 1. The van der Waals surface area contributed by atoms with Gasteiger partial charge in [0.05, 0.1) is 19.9 Å². The fraction of sp³-hybridized carbons (Fsp3) is 0.158. The predicted molar refractivity (Wildman–Crippen MR) is 95.6 cm³/mol. The van der Waals surface area contributed by atoms with Crippen molar-refractivity contribution in [2.24, 2.45) is 5.92 Å². The summed E-state index contributed by atoms with van der Waals surface area (Å²) < 4.78 is 10.0. The third-order valence-corrected chi connectivity index (χ3v) is 4.09. The molecule has 1 heterocycles. The Kier molecular flexibility index (Phi) is 4.89. The lowest BCUT2D eigenvalue weighted by molar-refractivity contribution is -0.139. The van der Waals surface area contributed by atoms with Crippen LogP contribution in [-0.4, -0.2) is 37.7 Å². The maximum Gasteiger partial charge on any atom is 0.302 e. The van der Waals surface area contributed by atoms with Gasteiger partial charge in [-0.05, 0) is 48.5 Å². The largest absolute Gasteiger partial charge is 0.497 e. The number of methoxy groups -OCH3 is 2. The quantitative estimate of drug-likeness (QED) is 0.486. The molecule has 0 radical (unpaired) electrons. The van der Waals surface area contributed by atoms with Crippen LogP contribution < -0.4 is 19.7 Å². The summed E-state index contributed by atoms with van der Waals surface area (Å²) in [5, 5.41) is 2.47. The molecule has 27 heavy (non-hydrogen) atoms. The summed E-state index contributed by atoms with van der Waals surface area (Å²) in [5.74, 6) is -4.47. The van der Waals surface area contributed by atoms with Crippen LogP contribution >= 0.6 is 0 Å². The van der Waals surface area contributed by atoms with Gasteiger partial charge in [0.25, 0.3) is 5.91 Å². The lowest BCUT2D eigenvalue weighted by Crippen LogP contribution is -2.34. The van der Waals surface area contributed by atoms with Crippen molar-refractivity contribution in [1.29, 1.82) is 0 Å². The summed E-state index contributed by atoms with van der Waals surface area (Å²) in [5.41, 5.74) is 0.565. The zero-order valence-corrected chi connectivity index (χ0v) is 14.6. The van der Waals surface area contributed by atoms with E-state index in [2.05, 4.69) is 5.32 Å². The van der Waals surface area contributed by atoms with Crippen LogP contribution in [0.1, 0.15) is 0 Å². The summed E-state index contributed by atoms with van der Waals surface area (Å²) in [6.45, 7) is 0. The van der Waals surface area contributed by atoms with Crippen LogP contribution in [0.15, 0.2) is 48.5 Å². The van der Waals surface area contributed by atoms with Gasteiger partial charge >= 0.3 is 5.91 Å². The molecule has 1 N–H and O–H groups in total. The first kappa shape index (κ1) is 18.1. The zero-order valence-electron chi connectivity index (χ0n) is 14.6. The van der Waals surface area contributed by atoms with Gasteiger partial charge in [-0.2, -0.15) is 0 Å². The third kappa shape index (κ3) is 3.37. The molecular formula is C19H16N2O6. The molecule has 0 aliphatic carbocycles. The van der Waals surface area contributed by atoms with E-state index >= 15 is 0 Å². The number of carbonyl (C=O) groups excluding carboxylic acids is 4. The first-order valence-corrected chi connectivity index (χ1v) is 7.97. The van der Waals surface area contributed by atoms with Gasteiger partial charge in [-0.15, -0.1) is 0 Å². The highest BCUT2D eigenvalue weighted by molar-refractivity contribution is 6.59. The molecule has 1 atom stereocenters. The van der Waals surface area contributed by atoms with E-state index in [4.69, 9.17) is 9.47 Å². The molecule has 8 nitrogen and oxygen atoms in total. The van der Waals surface area contributed by atoms with E-state index in [0.29, 0.717) is 22.1 Å². The van der Waals surface area contributed by atoms with Crippen LogP contribution in [0.3, 0.4) is 0 Å². The molecule has 2 aromatic carbocycles. The normalized spacial score (nSPS) is 16.4. The Balaban J connectivity index is 1.80. The number of carbonyl (C=O) groups is 4. The van der Waals surface area contributed by atoms with Crippen molar-refractivity contribution in [2.75, 3.05) is 24.4 Å². The minimum absolute atomic E-state index is 0.193. The van der Waals surface area contributed by atoms with E-state index in [1.165, 1.54) is 26.4 Å². The molecule has 3 rings (SSSR count). The number of Topliss-reactive ketones (excluding diaryl/α,β-unsaturated/α-hetero) is 1. The van der Waals surface area contributed by atoms with Crippen molar-refractivity contribution < 1.29 is 28.7 Å². The van der Waals surface area contributed by atoms with Crippen LogP contribution in [0.2, 0.25) is 0 Å². The van der Waals surface area contributed by atoms with E-state index in [0.717, 1.165) is 0 Å². The zero-order chi connectivity index (χ0) is 19.6. The molecule has 0 saturated carbocycles. The van der Waals surface area contributed by atoms with Gasteiger partial charge in [0.1, 0.15) is 11.5 Å². The third-order valence-electron chi connectivity index (χ3n) is 4.09. The molecule has 8 heteroatoms. The first-order chi connectivity index (χ1) is 13.0. The van der Waals surface area contributed by atoms with Crippen molar-refractivity contribution in [3.8, 4) is 11.5 Å². The van der Waals surface area contributed by atoms with Gasteiger partial charge in [0, 0.05) is 5.69 Å². The van der Waals surface area contributed by atoms with Crippen LogP contribution in [0.4, 0.5) is 11.4 Å². The average Bonchev–Trinajstić information content (AvgIpc) is 2.91. The van der Waals surface area contributed by atoms with E-state index in [1.807, 2.05) is 0 Å². The Morgan fingerprint density at radius 1 is 0.889 bits per heavy atom. The summed E-state index contributed by atoms with van der Waals surface area (Å²) in [7, 11) is 2.98. The second kappa shape index (κ2) is 7.28. The SMILES string of the molecule is COc1ccc(NC(=O)C2C(=O)C(=O)N(c3ccc(OC)cc3)C2=O)cc1. The standard InChI is InChI=1S/C19H16N2O6/c1-26-13-7-3-11(4-8-13)20-17(23)15-16(22)19(25)21(18(15)24)12-5-9-14(27-2)10-6-12/h3-10,15H,1-2H3,(H,20,23). The molecule has 0 spiro atoms. The van der Waals surface area contributed by atoms with Gasteiger partial charge in [0.2, 0.25) is 11.7 Å². The monoisotopic (exact) mass is 368 g/mol. The number of benzene rings is 2. The van der Waals surface area contributed by atoms with Crippen LogP contribution in [0.5, 0.6) is 11.5 Å². The highest BCUT2D eigenvalue weighted by Crippen LogP contribution is 2.27. The van der Waals surface area contributed by atoms with Gasteiger partial charge in [-0.1, -0.05) is 0 Å². The molecule has 1 fully saturated rings. The highest BCUT2D eigenvalue weighted by Gasteiger charge is 2.51. The van der Waals surface area contributed by atoms with E-state index in [1.54, 1.807) is 36.4 Å². The van der Waals surface area contributed by atoms with Crippen molar-refractivity contribution >= 4 is 34.9 Å². The van der Waals surface area contributed by atoms with E-state index in [9.17, 15) is 19.2 Å². The number of rotatable bonds is 5. The molecule has 3 amide bonds. The Hall–Kier alpha value is -3.68. The van der Waals surface area contributed by atoms with Crippen molar-refractivity contribution in [2.45, 2.75) is 0 Å². The molecular weight excluding hydrogens is 352 g/mol. The molecule has 1 aliphatic heterocycles. The Bertz CT molecular complexity index is 905. The molecule has 0 aromatic heterocycles. The molecule has 1 aliphatic rings. The maximum atomic E-state index is 12.6. The Morgan fingerprint density at radius 2 is 1.41 bits per heavy atom. The number of imide groups is 1. The van der Waals surface area contributed by atoms with Crippen molar-refractivity contribution in [1.82, 2.24) is 0 Å². The van der Waals surface area contributed by atoms with E-state index < -0.39 is 29.4 Å². The highest BCUT2D eigenvalue weighted by atomic mass is 16.5. The van der Waals surface area contributed by atoms with Gasteiger partial charge in [-0.3, -0.25) is 19.2 Å². The van der Waals surface area contributed by atoms with Crippen LogP contribution in [-0.2, 0) is 19.2 Å². The lowest BCUT2D eigenvalue weighted by Gasteiger charge is -2.14. The van der Waals surface area contributed by atoms with Gasteiger partial charge < -0.3 is 14.8 Å².